The quantitative estimate of drug-likeness (QED) is 0.619. The molecule has 0 aromatic carbocycles. The smallest absolute Gasteiger partial charge is 0.0516 e. The van der Waals surface area contributed by atoms with Crippen molar-refractivity contribution in [3.05, 3.63) is 95.3 Å². The molecule has 0 amide bonds. The average molecular weight is 358 g/mol. The van der Waals surface area contributed by atoms with E-state index < -0.39 is 0 Å². The zero-order valence-corrected chi connectivity index (χ0v) is 16.6. The molecule has 0 bridgehead atoms. The van der Waals surface area contributed by atoms with Gasteiger partial charge in [-0.3, -0.25) is 0 Å². The molecule has 1 aliphatic heterocycles. The summed E-state index contributed by atoms with van der Waals surface area (Å²) >= 11 is 0. The van der Waals surface area contributed by atoms with E-state index in [1.54, 1.807) is 5.57 Å². The molecule has 4 rings (SSSR count). The number of hydrogen-bond donors (Lipinski definition) is 1. The normalized spacial score (nSPS) is 29.8. The van der Waals surface area contributed by atoms with Crippen LogP contribution in [0, 0.1) is 17.8 Å². The summed E-state index contributed by atoms with van der Waals surface area (Å²) in [5, 5.41) is 3.76. The maximum atomic E-state index is 3.76. The highest BCUT2D eigenvalue weighted by molar-refractivity contribution is 5.52. The Balaban J connectivity index is 1.64. The molecule has 0 saturated carbocycles. The Bertz CT molecular complexity index is 803. The number of rotatable bonds is 4. The van der Waals surface area contributed by atoms with Gasteiger partial charge in [-0.1, -0.05) is 86.3 Å². The molecule has 1 nitrogen and oxygen atoms in total. The van der Waals surface area contributed by atoms with Gasteiger partial charge in [0.05, 0.1) is 6.04 Å². The van der Waals surface area contributed by atoms with Crippen LogP contribution >= 0.6 is 0 Å². The van der Waals surface area contributed by atoms with Crippen LogP contribution in [0.1, 0.15) is 39.5 Å². The molecule has 0 aromatic heterocycles. The molecule has 3 atom stereocenters. The van der Waals surface area contributed by atoms with E-state index in [4.69, 9.17) is 0 Å². The minimum absolute atomic E-state index is 0.366. The fourth-order valence-corrected chi connectivity index (χ4v) is 4.66. The van der Waals surface area contributed by atoms with Crippen LogP contribution < -0.4 is 5.32 Å². The molecule has 0 fully saturated rings. The van der Waals surface area contributed by atoms with Gasteiger partial charge < -0.3 is 5.32 Å². The van der Waals surface area contributed by atoms with E-state index >= 15 is 0 Å². The first-order valence-corrected chi connectivity index (χ1v) is 10.5. The molecule has 140 valence electrons. The van der Waals surface area contributed by atoms with Crippen LogP contribution in [0.2, 0.25) is 0 Å². The standard InChI is InChI=1S/C26H31N/c1-19(2)25-18-27-26(17-24(25)21-13-7-4-8-14-21)23-16-10-9-15-22(23)20-11-5-3-6-12-20/h3-7,9-11,13,15,17-20,23,26-27H,8,12,14,16H2,1-2H3. The average Bonchev–Trinajstić information content (AvgIpc) is 2.74. The minimum Gasteiger partial charge on any atom is -0.384 e. The first kappa shape index (κ1) is 18.1. The molecule has 1 heteroatoms. The van der Waals surface area contributed by atoms with E-state index in [1.165, 1.54) is 16.7 Å². The highest BCUT2D eigenvalue weighted by Crippen LogP contribution is 2.38. The lowest BCUT2D eigenvalue weighted by molar-refractivity contribution is 0.454. The lowest BCUT2D eigenvalue weighted by Gasteiger charge is -2.36. The van der Waals surface area contributed by atoms with E-state index in [0.717, 1.165) is 25.7 Å². The summed E-state index contributed by atoms with van der Waals surface area (Å²) in [5.41, 5.74) is 6.00. The first-order valence-electron chi connectivity index (χ1n) is 10.5. The fourth-order valence-electron chi connectivity index (χ4n) is 4.66. The van der Waals surface area contributed by atoms with Crippen LogP contribution in [0.25, 0.3) is 0 Å². The van der Waals surface area contributed by atoms with E-state index in [0.29, 0.717) is 23.8 Å². The number of hydrogen-bond acceptors (Lipinski definition) is 1. The van der Waals surface area contributed by atoms with E-state index in [2.05, 4.69) is 92.2 Å². The van der Waals surface area contributed by atoms with Gasteiger partial charge in [0.1, 0.15) is 0 Å². The summed E-state index contributed by atoms with van der Waals surface area (Å²) in [5.74, 6) is 1.59. The van der Waals surface area contributed by atoms with Gasteiger partial charge in [-0.2, -0.15) is 0 Å². The third-order valence-corrected chi connectivity index (χ3v) is 6.16. The fraction of sp³-hybridized carbons (Fsp3) is 0.385. The molecule has 3 aliphatic carbocycles. The van der Waals surface area contributed by atoms with Crippen molar-refractivity contribution in [1.29, 1.82) is 0 Å². The molecule has 0 spiro atoms. The highest BCUT2D eigenvalue weighted by Gasteiger charge is 2.30. The number of dihydropyridines is 1. The van der Waals surface area contributed by atoms with Gasteiger partial charge in [-0.25, -0.2) is 0 Å². The lowest BCUT2D eigenvalue weighted by Crippen LogP contribution is -2.37. The predicted molar refractivity (Wildman–Crippen MR) is 116 cm³/mol. The molecule has 1 N–H and O–H groups in total. The monoisotopic (exact) mass is 357 g/mol. The Labute approximate surface area is 164 Å². The van der Waals surface area contributed by atoms with Crippen molar-refractivity contribution in [3.8, 4) is 0 Å². The third-order valence-electron chi connectivity index (χ3n) is 6.16. The summed E-state index contributed by atoms with van der Waals surface area (Å²) in [4.78, 5) is 0. The summed E-state index contributed by atoms with van der Waals surface area (Å²) in [6, 6.07) is 0.366. The zero-order chi connectivity index (χ0) is 18.6. The van der Waals surface area contributed by atoms with Crippen LogP contribution in [-0.4, -0.2) is 6.04 Å². The van der Waals surface area contributed by atoms with E-state index in [9.17, 15) is 0 Å². The van der Waals surface area contributed by atoms with Crippen molar-refractivity contribution in [2.45, 2.75) is 45.6 Å². The van der Waals surface area contributed by atoms with Gasteiger partial charge in [-0.15, -0.1) is 0 Å². The third kappa shape index (κ3) is 3.88. The zero-order valence-electron chi connectivity index (χ0n) is 16.6. The second-order valence-corrected chi connectivity index (χ2v) is 8.28. The van der Waals surface area contributed by atoms with Crippen LogP contribution in [0.15, 0.2) is 95.3 Å². The second kappa shape index (κ2) is 8.17. The first-order chi connectivity index (χ1) is 13.2. The molecular weight excluding hydrogens is 326 g/mol. The SMILES string of the molecule is CC(C)C1=CNC(C2CC=CC=C2C2C=CC=CC2)C=C1C1=CC=CCC1. The van der Waals surface area contributed by atoms with Crippen LogP contribution in [0.4, 0.5) is 0 Å². The predicted octanol–water partition coefficient (Wildman–Crippen LogP) is 6.34. The second-order valence-electron chi connectivity index (χ2n) is 8.28. The lowest BCUT2D eigenvalue weighted by atomic mass is 9.74. The molecule has 0 saturated heterocycles. The van der Waals surface area contributed by atoms with Gasteiger partial charge in [0, 0.05) is 18.0 Å². The van der Waals surface area contributed by atoms with Gasteiger partial charge in [0.25, 0.3) is 0 Å². The molecule has 1 heterocycles. The van der Waals surface area contributed by atoms with Gasteiger partial charge in [0.2, 0.25) is 0 Å². The summed E-state index contributed by atoms with van der Waals surface area (Å²) < 4.78 is 0. The van der Waals surface area contributed by atoms with Crippen molar-refractivity contribution in [1.82, 2.24) is 5.32 Å². The Morgan fingerprint density at radius 1 is 0.963 bits per heavy atom. The molecule has 3 unspecified atom stereocenters. The minimum atomic E-state index is 0.366. The van der Waals surface area contributed by atoms with E-state index in [1.807, 2.05) is 0 Å². The number of nitrogens with one attached hydrogen (secondary N) is 1. The largest absolute Gasteiger partial charge is 0.384 e. The topological polar surface area (TPSA) is 12.0 Å². The van der Waals surface area contributed by atoms with Gasteiger partial charge in [0.15, 0.2) is 0 Å². The molecule has 0 aromatic rings. The van der Waals surface area contributed by atoms with Gasteiger partial charge >= 0.3 is 0 Å². The summed E-state index contributed by atoms with van der Waals surface area (Å²) in [6.07, 6.45) is 32.2. The summed E-state index contributed by atoms with van der Waals surface area (Å²) in [6.45, 7) is 4.60. The van der Waals surface area contributed by atoms with E-state index in [-0.39, 0.29) is 0 Å². The van der Waals surface area contributed by atoms with Gasteiger partial charge in [-0.05, 0) is 48.3 Å². The van der Waals surface area contributed by atoms with Crippen molar-refractivity contribution >= 4 is 0 Å². The Hall–Kier alpha value is -2.28. The molecule has 4 aliphatic rings. The van der Waals surface area contributed by atoms with Crippen molar-refractivity contribution in [2.24, 2.45) is 17.8 Å². The van der Waals surface area contributed by atoms with Crippen LogP contribution in [0.3, 0.4) is 0 Å². The van der Waals surface area contributed by atoms with Crippen molar-refractivity contribution in [3.63, 3.8) is 0 Å². The molecular formula is C26H31N. The maximum Gasteiger partial charge on any atom is 0.0516 e. The van der Waals surface area contributed by atoms with Crippen LogP contribution in [0.5, 0.6) is 0 Å². The Morgan fingerprint density at radius 2 is 1.81 bits per heavy atom. The van der Waals surface area contributed by atoms with Crippen molar-refractivity contribution in [2.75, 3.05) is 0 Å². The molecule has 27 heavy (non-hydrogen) atoms. The van der Waals surface area contributed by atoms with Crippen molar-refractivity contribution < 1.29 is 0 Å². The summed E-state index contributed by atoms with van der Waals surface area (Å²) in [7, 11) is 0. The Kier molecular flexibility index (Phi) is 5.48. The number of allylic oxidation sites excluding steroid dienone is 13. The molecule has 0 radical (unpaired) electrons. The van der Waals surface area contributed by atoms with Crippen LogP contribution in [-0.2, 0) is 0 Å². The highest BCUT2D eigenvalue weighted by atomic mass is 14.9. The maximum absolute atomic E-state index is 3.76. The Morgan fingerprint density at radius 3 is 2.56 bits per heavy atom.